The molecule has 1 amide bonds. The molecule has 0 aliphatic carbocycles. The number of hydrogen-bond acceptors (Lipinski definition) is 4. The Morgan fingerprint density at radius 2 is 1.94 bits per heavy atom. The van der Waals surface area contributed by atoms with Gasteiger partial charge in [0.05, 0.1) is 17.8 Å². The van der Waals surface area contributed by atoms with E-state index in [0.717, 1.165) is 48.8 Å². The highest BCUT2D eigenvalue weighted by Crippen LogP contribution is 2.33. The third kappa shape index (κ3) is 1.90. The summed E-state index contributed by atoms with van der Waals surface area (Å²) in [5.41, 5.74) is 9.85. The van der Waals surface area contributed by atoms with Crippen molar-refractivity contribution in [2.75, 3.05) is 49.2 Å². The summed E-state index contributed by atoms with van der Waals surface area (Å²) in [6.07, 6.45) is 0.469. The van der Waals surface area contributed by atoms with Crippen LogP contribution in [-0.2, 0) is 11.2 Å². The molecule has 1 saturated heterocycles. The van der Waals surface area contributed by atoms with Gasteiger partial charge < -0.3 is 20.9 Å². The minimum absolute atomic E-state index is 0.0555. The first kappa shape index (κ1) is 11.3. The van der Waals surface area contributed by atoms with Crippen molar-refractivity contribution in [3.8, 4) is 0 Å². The largest absolute Gasteiger partial charge is 0.397 e. The molecular weight excluding hydrogens is 228 g/mol. The van der Waals surface area contributed by atoms with Gasteiger partial charge in [-0.05, 0) is 24.7 Å². The van der Waals surface area contributed by atoms with Gasteiger partial charge in [0.2, 0.25) is 5.91 Å². The van der Waals surface area contributed by atoms with E-state index in [2.05, 4.69) is 28.2 Å². The Hall–Kier alpha value is -1.75. The predicted molar refractivity (Wildman–Crippen MR) is 72.9 cm³/mol. The third-order valence-electron chi connectivity index (χ3n) is 3.72. The summed E-state index contributed by atoms with van der Waals surface area (Å²) in [6.45, 7) is 4.07. The second-order valence-electron chi connectivity index (χ2n) is 5.08. The second-order valence-corrected chi connectivity index (χ2v) is 5.08. The Labute approximate surface area is 107 Å². The van der Waals surface area contributed by atoms with Gasteiger partial charge in [-0.25, -0.2) is 0 Å². The monoisotopic (exact) mass is 246 g/mol. The normalized spacial score (nSPS) is 19.8. The fourth-order valence-electron chi connectivity index (χ4n) is 2.60. The molecule has 18 heavy (non-hydrogen) atoms. The molecule has 5 nitrogen and oxygen atoms in total. The van der Waals surface area contributed by atoms with Crippen molar-refractivity contribution in [1.29, 1.82) is 0 Å². The maximum absolute atomic E-state index is 11.4. The number of piperazine rings is 1. The zero-order valence-corrected chi connectivity index (χ0v) is 10.6. The smallest absolute Gasteiger partial charge is 0.228 e. The Kier molecular flexibility index (Phi) is 2.63. The molecule has 1 aromatic rings. The van der Waals surface area contributed by atoms with Crippen LogP contribution >= 0.6 is 0 Å². The summed E-state index contributed by atoms with van der Waals surface area (Å²) >= 11 is 0. The van der Waals surface area contributed by atoms with Crippen molar-refractivity contribution < 1.29 is 4.79 Å². The topological polar surface area (TPSA) is 61.6 Å². The van der Waals surface area contributed by atoms with Crippen LogP contribution < -0.4 is 16.0 Å². The predicted octanol–water partition coefficient (Wildman–Crippen LogP) is 0.515. The van der Waals surface area contributed by atoms with E-state index < -0.39 is 0 Å². The molecule has 0 atom stereocenters. The van der Waals surface area contributed by atoms with Gasteiger partial charge in [0.25, 0.3) is 0 Å². The molecule has 0 spiro atoms. The molecule has 0 unspecified atom stereocenters. The number of nitrogens with one attached hydrogen (secondary N) is 1. The molecule has 1 fully saturated rings. The fraction of sp³-hybridized carbons (Fsp3) is 0.462. The second kappa shape index (κ2) is 4.17. The van der Waals surface area contributed by atoms with Crippen LogP contribution in [0, 0.1) is 0 Å². The van der Waals surface area contributed by atoms with E-state index in [9.17, 15) is 4.79 Å². The van der Waals surface area contributed by atoms with Crippen molar-refractivity contribution in [3.05, 3.63) is 17.7 Å². The summed E-state index contributed by atoms with van der Waals surface area (Å²) in [4.78, 5) is 16.0. The van der Waals surface area contributed by atoms with Gasteiger partial charge in [0.1, 0.15) is 0 Å². The molecule has 1 aromatic carbocycles. The number of benzene rings is 1. The average molecular weight is 246 g/mol. The Balaban J connectivity index is 1.89. The van der Waals surface area contributed by atoms with Crippen molar-refractivity contribution in [1.82, 2.24) is 4.90 Å². The van der Waals surface area contributed by atoms with Gasteiger partial charge in [-0.1, -0.05) is 0 Å². The summed E-state index contributed by atoms with van der Waals surface area (Å²) < 4.78 is 0. The molecule has 2 aliphatic heterocycles. The molecule has 0 radical (unpaired) electrons. The first-order chi connectivity index (χ1) is 8.63. The van der Waals surface area contributed by atoms with Crippen LogP contribution in [-0.4, -0.2) is 44.0 Å². The number of carbonyl (C=O) groups is 1. The quantitative estimate of drug-likeness (QED) is 0.709. The lowest BCUT2D eigenvalue weighted by Gasteiger charge is -2.34. The SMILES string of the molecule is CN1CCN(c2cc3c(cc2N)NC(=O)C3)CC1. The zero-order chi connectivity index (χ0) is 12.7. The van der Waals surface area contributed by atoms with E-state index in [1.807, 2.05) is 6.07 Å². The number of carbonyl (C=O) groups excluding carboxylic acids is 1. The van der Waals surface area contributed by atoms with Crippen LogP contribution in [0.4, 0.5) is 17.1 Å². The minimum atomic E-state index is 0.0555. The number of amides is 1. The van der Waals surface area contributed by atoms with Crippen molar-refractivity contribution >= 4 is 23.0 Å². The molecule has 0 aromatic heterocycles. The Morgan fingerprint density at radius 1 is 1.22 bits per heavy atom. The van der Waals surface area contributed by atoms with Crippen LogP contribution in [0.3, 0.4) is 0 Å². The number of nitrogens with zero attached hydrogens (tertiary/aromatic N) is 2. The van der Waals surface area contributed by atoms with E-state index in [1.54, 1.807) is 0 Å². The third-order valence-corrected chi connectivity index (χ3v) is 3.72. The standard InChI is InChI=1S/C13H18N4O/c1-16-2-4-17(5-3-16)12-6-9-7-13(18)15-11(9)8-10(12)14/h6,8H,2-5,7,14H2,1H3,(H,15,18). The minimum Gasteiger partial charge on any atom is -0.397 e. The van der Waals surface area contributed by atoms with Gasteiger partial charge in [-0.15, -0.1) is 0 Å². The first-order valence-electron chi connectivity index (χ1n) is 6.29. The highest BCUT2D eigenvalue weighted by atomic mass is 16.1. The number of rotatable bonds is 1. The van der Waals surface area contributed by atoms with E-state index in [0.29, 0.717) is 6.42 Å². The van der Waals surface area contributed by atoms with E-state index >= 15 is 0 Å². The Morgan fingerprint density at radius 3 is 2.67 bits per heavy atom. The lowest BCUT2D eigenvalue weighted by molar-refractivity contribution is -0.115. The molecule has 2 aliphatic rings. The van der Waals surface area contributed by atoms with Gasteiger partial charge >= 0.3 is 0 Å². The lowest BCUT2D eigenvalue weighted by Crippen LogP contribution is -2.44. The number of nitrogens with two attached hydrogens (primary N) is 1. The molecule has 3 N–H and O–H groups in total. The molecule has 96 valence electrons. The van der Waals surface area contributed by atoms with Crippen molar-refractivity contribution in [2.45, 2.75) is 6.42 Å². The van der Waals surface area contributed by atoms with Gasteiger partial charge in [0, 0.05) is 31.9 Å². The van der Waals surface area contributed by atoms with Crippen LogP contribution in [0.5, 0.6) is 0 Å². The zero-order valence-electron chi connectivity index (χ0n) is 10.6. The van der Waals surface area contributed by atoms with Crippen LogP contribution in [0.15, 0.2) is 12.1 Å². The lowest BCUT2D eigenvalue weighted by atomic mass is 10.1. The van der Waals surface area contributed by atoms with Gasteiger partial charge in [-0.3, -0.25) is 4.79 Å². The molecule has 5 heteroatoms. The van der Waals surface area contributed by atoms with Crippen LogP contribution in [0.1, 0.15) is 5.56 Å². The maximum atomic E-state index is 11.4. The molecular formula is C13H18N4O. The number of likely N-dealkylation sites (N-methyl/N-ethyl adjacent to an activating group) is 1. The first-order valence-corrected chi connectivity index (χ1v) is 6.29. The highest BCUT2D eigenvalue weighted by Gasteiger charge is 2.22. The number of fused-ring (bicyclic) bond motifs is 1. The summed E-state index contributed by atoms with van der Waals surface area (Å²) in [6, 6.07) is 3.95. The van der Waals surface area contributed by atoms with Crippen LogP contribution in [0.2, 0.25) is 0 Å². The Bertz CT molecular complexity index is 492. The fourth-order valence-corrected chi connectivity index (χ4v) is 2.60. The van der Waals surface area contributed by atoms with Gasteiger partial charge in [-0.2, -0.15) is 0 Å². The number of anilines is 3. The summed E-state index contributed by atoms with van der Waals surface area (Å²) in [7, 11) is 2.13. The summed E-state index contributed by atoms with van der Waals surface area (Å²) in [5.74, 6) is 0.0555. The van der Waals surface area contributed by atoms with E-state index in [4.69, 9.17) is 5.73 Å². The molecule has 0 saturated carbocycles. The highest BCUT2D eigenvalue weighted by molar-refractivity contribution is 6.00. The number of nitrogen functional groups attached to an aromatic ring is 1. The van der Waals surface area contributed by atoms with E-state index in [1.165, 1.54) is 0 Å². The van der Waals surface area contributed by atoms with Crippen molar-refractivity contribution in [2.24, 2.45) is 0 Å². The van der Waals surface area contributed by atoms with E-state index in [-0.39, 0.29) is 5.91 Å². The van der Waals surface area contributed by atoms with Crippen molar-refractivity contribution in [3.63, 3.8) is 0 Å². The average Bonchev–Trinajstić information content (AvgIpc) is 2.68. The summed E-state index contributed by atoms with van der Waals surface area (Å²) in [5, 5.41) is 2.83. The molecule has 3 rings (SSSR count). The van der Waals surface area contributed by atoms with Crippen LogP contribution in [0.25, 0.3) is 0 Å². The van der Waals surface area contributed by atoms with Gasteiger partial charge in [0.15, 0.2) is 0 Å². The molecule has 2 heterocycles. The maximum Gasteiger partial charge on any atom is 0.228 e. The molecule has 0 bridgehead atoms. The number of hydrogen-bond donors (Lipinski definition) is 2.